The molecule has 0 saturated heterocycles. The van der Waals surface area contributed by atoms with Crippen LogP contribution >= 0.6 is 68.0 Å². The van der Waals surface area contributed by atoms with Crippen LogP contribution in [0.1, 0.15) is 88.1 Å². The van der Waals surface area contributed by atoms with Gasteiger partial charge in [0, 0.05) is 71.0 Å². The molecule has 2 nitrogen and oxygen atoms in total. The van der Waals surface area contributed by atoms with Crippen LogP contribution in [-0.4, -0.2) is 11.6 Å². The number of ketones is 2. The molecule has 1 aliphatic carbocycles. The monoisotopic (exact) mass is 728 g/mol. The van der Waals surface area contributed by atoms with Gasteiger partial charge in [0.25, 0.3) is 0 Å². The van der Waals surface area contributed by atoms with Crippen molar-refractivity contribution in [2.75, 3.05) is 0 Å². The van der Waals surface area contributed by atoms with Crippen LogP contribution in [-0.2, 0) is 15.6 Å². The minimum absolute atomic E-state index is 0.00806. The molecule has 7 rings (SSSR count). The Morgan fingerprint density at radius 1 is 0.660 bits per heavy atom. The summed E-state index contributed by atoms with van der Waals surface area (Å²) in [6.07, 6.45) is 0. The average molecular weight is 729 g/mol. The van der Waals surface area contributed by atoms with Gasteiger partial charge in [-0.1, -0.05) is 41.5 Å². The molecule has 0 bridgehead atoms. The van der Waals surface area contributed by atoms with Gasteiger partial charge in [0.1, 0.15) is 0 Å². The van der Waals surface area contributed by atoms with Crippen LogP contribution in [0.2, 0.25) is 0 Å². The van der Waals surface area contributed by atoms with Gasteiger partial charge in [0.2, 0.25) is 0 Å². The first-order valence-electron chi connectivity index (χ1n) is 15.6. The van der Waals surface area contributed by atoms with Crippen molar-refractivity contribution in [3.8, 4) is 9.75 Å². The Bertz CT molecular complexity index is 2450. The predicted octanol–water partition coefficient (Wildman–Crippen LogP) is 11.5. The Morgan fingerprint density at radius 3 is 1.74 bits per heavy atom. The number of fused-ring (bicyclic) bond motifs is 6. The number of Topliss-reactive ketones (excluding diaryl/α,β-unsaturated/α-hetero) is 2. The molecule has 5 heterocycles. The van der Waals surface area contributed by atoms with Crippen LogP contribution in [0.5, 0.6) is 0 Å². The standard InChI is InChI=1S/C39H36O2S6/c1-19-18-27(20(2)40)44-21(3)34(47-37(19)39(7,8)9)26-11-10-24(45-26)29-31-32(36-23(15-17-43-36)22-14-16-42-35(22)31)30(33(29)41)25-12-13-28(46-25)38(4,5)6/h10-18H,1-9H3. The Balaban J connectivity index is 1.53. The van der Waals surface area contributed by atoms with Crippen LogP contribution in [0.15, 0.2) is 53.2 Å². The van der Waals surface area contributed by atoms with Gasteiger partial charge in [0.15, 0.2) is 11.6 Å². The third-order valence-electron chi connectivity index (χ3n) is 8.47. The van der Waals surface area contributed by atoms with Crippen molar-refractivity contribution in [2.24, 2.45) is 0 Å². The third kappa shape index (κ3) is 5.55. The zero-order chi connectivity index (χ0) is 33.6. The fourth-order valence-electron chi connectivity index (χ4n) is 6.33. The molecule has 0 unspecified atom stereocenters. The van der Waals surface area contributed by atoms with Crippen molar-refractivity contribution in [1.82, 2.24) is 0 Å². The summed E-state index contributed by atoms with van der Waals surface area (Å²) in [6.45, 7) is 19.3. The lowest BCUT2D eigenvalue weighted by atomic mass is 9.92. The molecule has 0 fully saturated rings. The molecule has 0 atom stereocenters. The molecule has 1 aromatic carbocycles. The second-order valence-electron chi connectivity index (χ2n) is 14.2. The molecule has 0 aliphatic heterocycles. The van der Waals surface area contributed by atoms with Crippen LogP contribution in [0.4, 0.5) is 0 Å². The van der Waals surface area contributed by atoms with Gasteiger partial charge in [-0.05, 0) is 90.4 Å². The molecule has 6 aromatic rings. The van der Waals surface area contributed by atoms with E-state index in [-0.39, 0.29) is 22.4 Å². The summed E-state index contributed by atoms with van der Waals surface area (Å²) >= 11 is 10.3. The summed E-state index contributed by atoms with van der Waals surface area (Å²) in [5.74, 6) is 0.194. The van der Waals surface area contributed by atoms with E-state index in [2.05, 4.69) is 109 Å². The fraction of sp³-hybridized carbons (Fsp3) is 0.282. The lowest BCUT2D eigenvalue weighted by molar-refractivity contribution is -0.108. The van der Waals surface area contributed by atoms with Gasteiger partial charge in [0.05, 0.1) is 9.75 Å². The summed E-state index contributed by atoms with van der Waals surface area (Å²) in [6, 6.07) is 15.1. The molecule has 0 saturated carbocycles. The largest absolute Gasteiger partial charge is 0.294 e. The first-order valence-corrected chi connectivity index (χ1v) is 20.6. The van der Waals surface area contributed by atoms with Gasteiger partial charge < -0.3 is 0 Å². The van der Waals surface area contributed by atoms with Crippen molar-refractivity contribution in [1.29, 1.82) is 0 Å². The zero-order valence-corrected chi connectivity index (χ0v) is 32.9. The quantitative estimate of drug-likeness (QED) is 0.169. The summed E-state index contributed by atoms with van der Waals surface area (Å²) in [5.41, 5.74) is 2.69. The molecule has 8 heteroatoms. The molecule has 0 radical (unpaired) electrons. The number of thiophene rings is 4. The average Bonchev–Trinajstić information content (AvgIpc) is 3.79. The predicted molar refractivity (Wildman–Crippen MR) is 211 cm³/mol. The summed E-state index contributed by atoms with van der Waals surface area (Å²) < 4.78 is 2.37. The van der Waals surface area contributed by atoms with Crippen LogP contribution in [0.25, 0.3) is 41.1 Å². The van der Waals surface area contributed by atoms with Gasteiger partial charge >= 0.3 is 0 Å². The van der Waals surface area contributed by atoms with E-state index in [0.717, 1.165) is 56.4 Å². The van der Waals surface area contributed by atoms with Gasteiger partial charge in [-0.2, -0.15) is 0 Å². The highest BCUT2D eigenvalue weighted by Crippen LogP contribution is 2.43. The lowest BCUT2D eigenvalue weighted by Gasteiger charge is -2.21. The van der Waals surface area contributed by atoms with E-state index in [9.17, 15) is 9.59 Å². The van der Waals surface area contributed by atoms with Gasteiger partial charge in [-0.25, -0.2) is 0 Å². The van der Waals surface area contributed by atoms with E-state index >= 15 is 0 Å². The van der Waals surface area contributed by atoms with Crippen LogP contribution < -0.4 is 10.4 Å². The Hall–Kier alpha value is -2.72. The van der Waals surface area contributed by atoms with Crippen molar-refractivity contribution < 1.29 is 9.59 Å². The summed E-state index contributed by atoms with van der Waals surface area (Å²) in [4.78, 5) is 36.3. The molecule has 240 valence electrons. The number of rotatable bonds is 4. The number of hydrogen-bond donors (Lipinski definition) is 0. The smallest absolute Gasteiger partial charge is 0.197 e. The summed E-state index contributed by atoms with van der Waals surface area (Å²) in [5, 5.41) is 8.95. The van der Waals surface area contributed by atoms with E-state index in [4.69, 9.17) is 0 Å². The second kappa shape index (κ2) is 11.7. The number of hydrogen-bond acceptors (Lipinski definition) is 8. The second-order valence-corrected chi connectivity index (χ2v) is 20.4. The van der Waals surface area contributed by atoms with Crippen molar-refractivity contribution in [3.63, 3.8) is 0 Å². The van der Waals surface area contributed by atoms with Crippen LogP contribution in [0.3, 0.4) is 0 Å². The van der Waals surface area contributed by atoms with Crippen molar-refractivity contribution in [3.05, 3.63) is 98.5 Å². The molecule has 0 N–H and O–H groups in total. The fourth-order valence-corrected chi connectivity index (χ4v) is 12.9. The summed E-state index contributed by atoms with van der Waals surface area (Å²) in [7, 11) is 0. The minimum atomic E-state index is -0.0940. The molecular weight excluding hydrogens is 693 g/mol. The Kier molecular flexibility index (Phi) is 8.17. The van der Waals surface area contributed by atoms with Gasteiger partial charge in [-0.3, -0.25) is 9.59 Å². The molecule has 1 aliphatic rings. The maximum absolute atomic E-state index is 14.9. The lowest BCUT2D eigenvalue weighted by Crippen LogP contribution is -2.25. The Labute approximate surface area is 299 Å². The number of aryl methyl sites for hydroxylation is 2. The number of benzene rings is 1. The molecular formula is C39H36O2S6. The van der Waals surface area contributed by atoms with E-state index in [1.165, 1.54) is 29.9 Å². The van der Waals surface area contributed by atoms with E-state index in [1.54, 1.807) is 74.9 Å². The first kappa shape index (κ1) is 32.8. The SMILES string of the molecule is CC(=O)c1cc(C)c(C(C)(C)C)sc(-c2ccc(C3=c4c(c5sccc5c5ccsc45)=C(c4ccc(C(C)(C)C)s4)C3=O)s2)c(C)s1. The highest BCUT2D eigenvalue weighted by atomic mass is 32.1. The topological polar surface area (TPSA) is 34.1 Å². The zero-order valence-electron chi connectivity index (χ0n) is 28.0. The Morgan fingerprint density at radius 2 is 1.21 bits per heavy atom. The van der Waals surface area contributed by atoms with Crippen LogP contribution in [0, 0.1) is 13.8 Å². The first-order chi connectivity index (χ1) is 22.1. The molecule has 0 amide bonds. The van der Waals surface area contributed by atoms with Gasteiger partial charge in [-0.15, -0.1) is 68.0 Å². The number of carbonyl (C=O) groups is 2. The maximum Gasteiger partial charge on any atom is 0.197 e. The van der Waals surface area contributed by atoms with E-state index < -0.39 is 0 Å². The van der Waals surface area contributed by atoms with Crippen molar-refractivity contribution >= 4 is 111 Å². The molecule has 5 aromatic heterocycles. The minimum Gasteiger partial charge on any atom is -0.294 e. The van der Waals surface area contributed by atoms with E-state index in [0.29, 0.717) is 0 Å². The van der Waals surface area contributed by atoms with E-state index in [1.807, 2.05) is 0 Å². The number of carbonyl (C=O) groups excluding carboxylic acids is 2. The normalized spacial score (nSPS) is 13.7. The third-order valence-corrected chi connectivity index (χ3v) is 16.2. The van der Waals surface area contributed by atoms with Crippen molar-refractivity contribution in [2.45, 2.75) is 73.1 Å². The highest BCUT2D eigenvalue weighted by molar-refractivity contribution is 7.25. The molecule has 0 spiro atoms. The highest BCUT2D eigenvalue weighted by Gasteiger charge is 2.32. The molecule has 47 heavy (non-hydrogen) atoms. The maximum atomic E-state index is 14.9.